The average molecular weight is 314 g/mol. The van der Waals surface area contributed by atoms with Crippen molar-refractivity contribution in [2.75, 3.05) is 0 Å². The molecular weight excluding hydrogens is 296 g/mol. The van der Waals surface area contributed by atoms with Gasteiger partial charge in [0.15, 0.2) is 0 Å². The van der Waals surface area contributed by atoms with Crippen LogP contribution < -0.4 is 5.32 Å². The maximum absolute atomic E-state index is 12.0. The van der Waals surface area contributed by atoms with Gasteiger partial charge < -0.3 is 15.2 Å². The number of aliphatic carboxylic acids is 1. The van der Waals surface area contributed by atoms with Crippen LogP contribution in [0.3, 0.4) is 0 Å². The number of carboxylic acids is 1. The fourth-order valence-electron chi connectivity index (χ4n) is 2.23. The molecule has 1 aromatic carbocycles. The van der Waals surface area contributed by atoms with E-state index in [4.69, 9.17) is 9.84 Å². The van der Waals surface area contributed by atoms with Crippen LogP contribution >= 0.6 is 0 Å². The quantitative estimate of drug-likeness (QED) is 0.856. The van der Waals surface area contributed by atoms with Crippen LogP contribution in [0.25, 0.3) is 0 Å². The lowest BCUT2D eigenvalue weighted by molar-refractivity contribution is -0.138. The second kappa shape index (κ2) is 7.40. The Kier molecular flexibility index (Phi) is 5.30. The lowest BCUT2D eigenvalue weighted by Gasteiger charge is -2.29. The van der Waals surface area contributed by atoms with E-state index >= 15 is 0 Å². The van der Waals surface area contributed by atoms with Crippen LogP contribution in [0.5, 0.6) is 0 Å². The van der Waals surface area contributed by atoms with Gasteiger partial charge in [0.25, 0.3) is 0 Å². The lowest BCUT2D eigenvalue weighted by atomic mass is 9.89. The molecule has 0 aliphatic heterocycles. The van der Waals surface area contributed by atoms with Crippen molar-refractivity contribution < 1.29 is 19.4 Å². The number of hydrogen-bond acceptors (Lipinski definition) is 4. The standard InChI is InChI=1S/C17H18N2O4/c1-17(11-15(20)21,14-7-9-18-10-8-14)19-16(22)23-12-13-5-3-2-4-6-13/h2-10H,11-12H2,1H3,(H,19,22)(H,20,21). The summed E-state index contributed by atoms with van der Waals surface area (Å²) in [6.07, 6.45) is 2.16. The normalized spacial score (nSPS) is 12.9. The highest BCUT2D eigenvalue weighted by atomic mass is 16.5. The van der Waals surface area contributed by atoms with Gasteiger partial charge in [-0.25, -0.2) is 4.79 Å². The number of rotatable bonds is 6. The van der Waals surface area contributed by atoms with E-state index in [1.807, 2.05) is 30.3 Å². The molecule has 0 fully saturated rings. The lowest BCUT2D eigenvalue weighted by Crippen LogP contribution is -2.45. The Morgan fingerprint density at radius 1 is 1.17 bits per heavy atom. The molecule has 0 aliphatic carbocycles. The average Bonchev–Trinajstić information content (AvgIpc) is 2.54. The van der Waals surface area contributed by atoms with Crippen LogP contribution in [0, 0.1) is 0 Å². The molecule has 2 N–H and O–H groups in total. The number of amides is 1. The number of hydrogen-bond donors (Lipinski definition) is 2. The number of alkyl carbamates (subject to hydrolysis) is 1. The molecule has 0 saturated carbocycles. The van der Waals surface area contributed by atoms with Gasteiger partial charge in [0.2, 0.25) is 0 Å². The van der Waals surface area contributed by atoms with E-state index in [1.165, 1.54) is 0 Å². The van der Waals surface area contributed by atoms with Crippen molar-refractivity contribution in [3.05, 3.63) is 66.0 Å². The minimum absolute atomic E-state index is 0.117. The maximum atomic E-state index is 12.0. The smallest absolute Gasteiger partial charge is 0.408 e. The van der Waals surface area contributed by atoms with Crippen LogP contribution in [0.4, 0.5) is 4.79 Å². The summed E-state index contributed by atoms with van der Waals surface area (Å²) < 4.78 is 5.17. The first-order chi connectivity index (χ1) is 11.0. The Labute approximate surface area is 134 Å². The summed E-state index contributed by atoms with van der Waals surface area (Å²) in [6, 6.07) is 12.6. The minimum atomic E-state index is -1.08. The van der Waals surface area contributed by atoms with Gasteiger partial charge in [0.1, 0.15) is 6.61 Å². The largest absolute Gasteiger partial charge is 0.481 e. The Morgan fingerprint density at radius 3 is 2.43 bits per heavy atom. The Bertz CT molecular complexity index is 661. The van der Waals surface area contributed by atoms with E-state index in [-0.39, 0.29) is 13.0 Å². The van der Waals surface area contributed by atoms with Gasteiger partial charge in [-0.3, -0.25) is 9.78 Å². The van der Waals surface area contributed by atoms with E-state index in [0.717, 1.165) is 5.56 Å². The summed E-state index contributed by atoms with van der Waals surface area (Å²) in [7, 11) is 0. The molecule has 0 bridgehead atoms. The molecule has 0 spiro atoms. The number of carbonyl (C=O) groups excluding carboxylic acids is 1. The van der Waals surface area contributed by atoms with Crippen LogP contribution in [0.15, 0.2) is 54.9 Å². The zero-order valence-corrected chi connectivity index (χ0v) is 12.7. The zero-order chi connectivity index (χ0) is 16.7. The fraction of sp³-hybridized carbons (Fsp3) is 0.235. The third-order valence-electron chi connectivity index (χ3n) is 3.41. The first-order valence-electron chi connectivity index (χ1n) is 7.11. The summed E-state index contributed by atoms with van der Waals surface area (Å²) in [6.45, 7) is 1.76. The number of carbonyl (C=O) groups is 2. The molecule has 6 nitrogen and oxygen atoms in total. The topological polar surface area (TPSA) is 88.5 Å². The second-order valence-corrected chi connectivity index (χ2v) is 5.33. The molecule has 1 heterocycles. The van der Waals surface area contributed by atoms with Gasteiger partial charge >= 0.3 is 12.1 Å². The number of carboxylic acid groups (broad SMARTS) is 1. The molecule has 2 rings (SSSR count). The molecule has 1 aromatic heterocycles. The van der Waals surface area contributed by atoms with Crippen molar-refractivity contribution in [3.63, 3.8) is 0 Å². The van der Waals surface area contributed by atoms with Crippen molar-refractivity contribution in [1.29, 1.82) is 0 Å². The molecule has 0 radical (unpaired) electrons. The Balaban J connectivity index is 2.05. The molecule has 0 saturated heterocycles. The number of nitrogens with zero attached hydrogens (tertiary/aromatic N) is 1. The Hall–Kier alpha value is -2.89. The van der Waals surface area contributed by atoms with Crippen LogP contribution in [0.1, 0.15) is 24.5 Å². The SMILES string of the molecule is CC(CC(=O)O)(NC(=O)OCc1ccccc1)c1ccncc1. The van der Waals surface area contributed by atoms with E-state index in [2.05, 4.69) is 10.3 Å². The minimum Gasteiger partial charge on any atom is -0.481 e. The van der Waals surface area contributed by atoms with Crippen molar-refractivity contribution in [2.45, 2.75) is 25.5 Å². The second-order valence-electron chi connectivity index (χ2n) is 5.33. The molecule has 120 valence electrons. The number of benzene rings is 1. The zero-order valence-electron chi connectivity index (χ0n) is 12.7. The maximum Gasteiger partial charge on any atom is 0.408 e. The summed E-state index contributed by atoms with van der Waals surface area (Å²) in [5.41, 5.74) is 0.417. The first kappa shape index (κ1) is 16.5. The third kappa shape index (κ3) is 4.81. The van der Waals surface area contributed by atoms with Gasteiger partial charge in [-0.15, -0.1) is 0 Å². The predicted octanol–water partition coefficient (Wildman–Crippen LogP) is 2.70. The highest BCUT2D eigenvalue weighted by Crippen LogP contribution is 2.24. The molecule has 1 amide bonds. The Morgan fingerprint density at radius 2 is 1.83 bits per heavy atom. The van der Waals surface area contributed by atoms with Crippen molar-refractivity contribution >= 4 is 12.1 Å². The van der Waals surface area contributed by atoms with Gasteiger partial charge in [-0.2, -0.15) is 0 Å². The molecule has 2 aromatic rings. The summed E-state index contributed by atoms with van der Waals surface area (Å²) in [4.78, 5) is 27.1. The summed E-state index contributed by atoms with van der Waals surface area (Å²) in [5, 5.41) is 11.8. The van der Waals surface area contributed by atoms with Crippen molar-refractivity contribution in [3.8, 4) is 0 Å². The monoisotopic (exact) mass is 314 g/mol. The third-order valence-corrected chi connectivity index (χ3v) is 3.41. The summed E-state index contributed by atoms with van der Waals surface area (Å²) in [5.74, 6) is -1.02. The van der Waals surface area contributed by atoms with Gasteiger partial charge in [-0.05, 0) is 30.2 Å². The number of nitrogens with one attached hydrogen (secondary N) is 1. The summed E-state index contributed by atoms with van der Waals surface area (Å²) >= 11 is 0. The molecule has 1 atom stereocenters. The van der Waals surface area contributed by atoms with E-state index < -0.39 is 17.6 Å². The predicted molar refractivity (Wildman–Crippen MR) is 83.6 cm³/mol. The number of aromatic nitrogens is 1. The van der Waals surface area contributed by atoms with Crippen molar-refractivity contribution in [2.24, 2.45) is 0 Å². The van der Waals surface area contributed by atoms with Gasteiger partial charge in [-0.1, -0.05) is 30.3 Å². The first-order valence-corrected chi connectivity index (χ1v) is 7.11. The molecular formula is C17H18N2O4. The molecule has 23 heavy (non-hydrogen) atoms. The highest BCUT2D eigenvalue weighted by molar-refractivity contribution is 5.73. The molecule has 0 aliphatic rings. The number of ether oxygens (including phenoxy) is 1. The van der Waals surface area contributed by atoms with E-state index in [9.17, 15) is 9.59 Å². The molecule has 1 unspecified atom stereocenters. The molecule has 6 heteroatoms. The van der Waals surface area contributed by atoms with Crippen LogP contribution in [-0.2, 0) is 21.7 Å². The van der Waals surface area contributed by atoms with E-state index in [0.29, 0.717) is 5.56 Å². The highest BCUT2D eigenvalue weighted by Gasteiger charge is 2.32. The van der Waals surface area contributed by atoms with Gasteiger partial charge in [0, 0.05) is 12.4 Å². The van der Waals surface area contributed by atoms with E-state index in [1.54, 1.807) is 31.5 Å². The fourth-order valence-corrected chi connectivity index (χ4v) is 2.23. The van der Waals surface area contributed by atoms with Crippen LogP contribution in [-0.4, -0.2) is 22.2 Å². The van der Waals surface area contributed by atoms with Gasteiger partial charge in [0.05, 0.1) is 12.0 Å². The van der Waals surface area contributed by atoms with Crippen LogP contribution in [0.2, 0.25) is 0 Å². The number of pyridine rings is 1. The van der Waals surface area contributed by atoms with Crippen molar-refractivity contribution in [1.82, 2.24) is 10.3 Å².